The van der Waals surface area contributed by atoms with Crippen LogP contribution in [0.4, 0.5) is 5.69 Å². The molecular formula is C12H16N2O2S. The molecule has 1 aliphatic heterocycles. The third kappa shape index (κ3) is 3.36. The predicted molar refractivity (Wildman–Crippen MR) is 69.5 cm³/mol. The molecule has 4 nitrogen and oxygen atoms in total. The molecule has 0 spiro atoms. The van der Waals surface area contributed by atoms with E-state index >= 15 is 0 Å². The average molecular weight is 252 g/mol. The van der Waals surface area contributed by atoms with Gasteiger partial charge in [-0.3, -0.25) is 0 Å². The zero-order valence-corrected chi connectivity index (χ0v) is 10.6. The zero-order chi connectivity index (χ0) is 12.1. The molecule has 17 heavy (non-hydrogen) atoms. The topological polar surface area (TPSA) is 51.2 Å². The van der Waals surface area contributed by atoms with Crippen LogP contribution in [0.25, 0.3) is 0 Å². The van der Waals surface area contributed by atoms with Crippen molar-refractivity contribution in [1.29, 1.82) is 0 Å². The number of nitrogens with one attached hydrogen (secondary N) is 1. The van der Waals surface area contributed by atoms with Gasteiger partial charge in [-0.2, -0.15) is 11.8 Å². The standard InChI is InChI=1S/C12H16N2O2S/c1-16-12(15)11-7-9(4-5-13-11)14-8-10-3-2-6-17-10/h4-5,7,10H,2-3,6,8H2,1H3,(H,13,14). The van der Waals surface area contributed by atoms with Crippen molar-refractivity contribution >= 4 is 23.4 Å². The summed E-state index contributed by atoms with van der Waals surface area (Å²) in [6.07, 6.45) is 4.20. The van der Waals surface area contributed by atoms with E-state index in [4.69, 9.17) is 0 Å². The number of pyridine rings is 1. The first-order chi connectivity index (χ1) is 8.29. The highest BCUT2D eigenvalue weighted by atomic mass is 32.2. The highest BCUT2D eigenvalue weighted by Gasteiger charge is 2.15. The fraction of sp³-hybridized carbons (Fsp3) is 0.500. The van der Waals surface area contributed by atoms with Crippen molar-refractivity contribution in [2.45, 2.75) is 18.1 Å². The number of carbonyl (C=O) groups is 1. The molecule has 1 fully saturated rings. The number of aromatic nitrogens is 1. The van der Waals surface area contributed by atoms with Crippen LogP contribution in [-0.4, -0.2) is 35.6 Å². The zero-order valence-electron chi connectivity index (χ0n) is 9.81. The number of thioether (sulfide) groups is 1. The molecule has 1 aromatic heterocycles. The van der Waals surface area contributed by atoms with Gasteiger partial charge >= 0.3 is 5.97 Å². The van der Waals surface area contributed by atoms with Crippen LogP contribution in [0.5, 0.6) is 0 Å². The number of rotatable bonds is 4. The summed E-state index contributed by atoms with van der Waals surface area (Å²) in [4.78, 5) is 15.3. The first kappa shape index (κ1) is 12.2. The van der Waals surface area contributed by atoms with Crippen LogP contribution in [0.2, 0.25) is 0 Å². The van der Waals surface area contributed by atoms with E-state index in [0.29, 0.717) is 10.9 Å². The van der Waals surface area contributed by atoms with Crippen molar-refractivity contribution < 1.29 is 9.53 Å². The minimum atomic E-state index is -0.399. The molecule has 1 aromatic rings. The van der Waals surface area contributed by atoms with Gasteiger partial charge in [0.05, 0.1) is 7.11 Å². The van der Waals surface area contributed by atoms with Crippen LogP contribution in [0.15, 0.2) is 18.3 Å². The molecule has 1 N–H and O–H groups in total. The van der Waals surface area contributed by atoms with Gasteiger partial charge < -0.3 is 10.1 Å². The van der Waals surface area contributed by atoms with Crippen molar-refractivity contribution in [2.75, 3.05) is 24.7 Å². The largest absolute Gasteiger partial charge is 0.464 e. The summed E-state index contributed by atoms with van der Waals surface area (Å²) in [5.74, 6) is 0.861. The van der Waals surface area contributed by atoms with Gasteiger partial charge in [0.1, 0.15) is 5.69 Å². The Bertz CT molecular complexity index is 392. The maximum atomic E-state index is 11.3. The lowest BCUT2D eigenvalue weighted by atomic mass is 10.2. The fourth-order valence-corrected chi connectivity index (χ4v) is 2.99. The molecule has 0 aliphatic carbocycles. The summed E-state index contributed by atoms with van der Waals surface area (Å²) in [5, 5.41) is 4.02. The molecule has 1 unspecified atom stereocenters. The van der Waals surface area contributed by atoms with E-state index in [1.807, 2.05) is 17.8 Å². The minimum absolute atomic E-state index is 0.344. The van der Waals surface area contributed by atoms with Crippen molar-refractivity contribution in [3.8, 4) is 0 Å². The van der Waals surface area contributed by atoms with E-state index in [1.165, 1.54) is 25.7 Å². The van der Waals surface area contributed by atoms with Crippen LogP contribution >= 0.6 is 11.8 Å². The third-order valence-corrected chi connectivity index (χ3v) is 4.11. The van der Waals surface area contributed by atoms with E-state index in [-0.39, 0.29) is 0 Å². The Balaban J connectivity index is 1.93. The maximum absolute atomic E-state index is 11.3. The molecule has 0 radical (unpaired) electrons. The van der Waals surface area contributed by atoms with Crippen LogP contribution in [-0.2, 0) is 4.74 Å². The molecule has 2 heterocycles. The van der Waals surface area contributed by atoms with Crippen molar-refractivity contribution in [1.82, 2.24) is 4.98 Å². The average Bonchev–Trinajstić information content (AvgIpc) is 2.89. The van der Waals surface area contributed by atoms with Gasteiger partial charge in [-0.05, 0) is 30.7 Å². The summed E-state index contributed by atoms with van der Waals surface area (Å²) >= 11 is 2.01. The molecule has 0 aromatic carbocycles. The molecule has 1 saturated heterocycles. The molecule has 2 rings (SSSR count). The molecule has 0 amide bonds. The fourth-order valence-electron chi connectivity index (χ4n) is 1.79. The Kier molecular flexibility index (Phi) is 4.25. The van der Waals surface area contributed by atoms with Gasteiger partial charge in [0.25, 0.3) is 0 Å². The molecule has 1 atom stereocenters. The summed E-state index contributed by atoms with van der Waals surface area (Å²) in [6.45, 7) is 0.940. The Morgan fingerprint density at radius 2 is 2.59 bits per heavy atom. The van der Waals surface area contributed by atoms with Crippen molar-refractivity contribution in [2.24, 2.45) is 0 Å². The number of esters is 1. The monoisotopic (exact) mass is 252 g/mol. The second-order valence-corrected chi connectivity index (χ2v) is 5.35. The van der Waals surface area contributed by atoms with E-state index in [1.54, 1.807) is 12.3 Å². The summed E-state index contributed by atoms with van der Waals surface area (Å²) in [7, 11) is 1.36. The molecular weight excluding hydrogens is 236 g/mol. The lowest BCUT2D eigenvalue weighted by Gasteiger charge is -2.11. The van der Waals surface area contributed by atoms with E-state index in [9.17, 15) is 4.79 Å². The Morgan fingerprint density at radius 1 is 1.71 bits per heavy atom. The number of hydrogen-bond acceptors (Lipinski definition) is 5. The van der Waals surface area contributed by atoms with Crippen LogP contribution in [0.1, 0.15) is 23.3 Å². The van der Waals surface area contributed by atoms with Crippen LogP contribution < -0.4 is 5.32 Å². The van der Waals surface area contributed by atoms with Gasteiger partial charge in [0, 0.05) is 23.7 Å². The molecule has 0 saturated carbocycles. The highest BCUT2D eigenvalue weighted by Crippen LogP contribution is 2.26. The molecule has 0 bridgehead atoms. The molecule has 92 valence electrons. The second-order valence-electron chi connectivity index (χ2n) is 3.94. The SMILES string of the molecule is COC(=O)c1cc(NCC2CCCS2)ccn1. The molecule has 1 aliphatic rings. The first-order valence-corrected chi connectivity index (χ1v) is 6.74. The van der Waals surface area contributed by atoms with Crippen LogP contribution in [0.3, 0.4) is 0 Å². The van der Waals surface area contributed by atoms with Gasteiger partial charge in [0.15, 0.2) is 0 Å². The summed E-state index contributed by atoms with van der Waals surface area (Å²) < 4.78 is 4.64. The Morgan fingerprint density at radius 3 is 3.29 bits per heavy atom. The smallest absolute Gasteiger partial charge is 0.356 e. The molecule has 5 heteroatoms. The van der Waals surface area contributed by atoms with E-state index < -0.39 is 5.97 Å². The normalized spacial score (nSPS) is 19.0. The maximum Gasteiger partial charge on any atom is 0.356 e. The number of methoxy groups -OCH3 is 1. The summed E-state index contributed by atoms with van der Waals surface area (Å²) in [6, 6.07) is 3.59. The minimum Gasteiger partial charge on any atom is -0.464 e. The first-order valence-electron chi connectivity index (χ1n) is 5.69. The van der Waals surface area contributed by atoms with Gasteiger partial charge in [-0.15, -0.1) is 0 Å². The van der Waals surface area contributed by atoms with Gasteiger partial charge in [-0.1, -0.05) is 0 Å². The second kappa shape index (κ2) is 5.91. The number of hydrogen-bond donors (Lipinski definition) is 1. The Labute approximate surface area is 105 Å². The quantitative estimate of drug-likeness (QED) is 0.832. The number of carbonyl (C=O) groups excluding carboxylic acids is 1. The lowest BCUT2D eigenvalue weighted by Crippen LogP contribution is -2.14. The summed E-state index contributed by atoms with van der Waals surface area (Å²) in [5.41, 5.74) is 1.27. The number of anilines is 1. The predicted octanol–water partition coefficient (Wildman–Crippen LogP) is 2.18. The van der Waals surface area contributed by atoms with E-state index in [0.717, 1.165) is 12.2 Å². The number of ether oxygens (including phenoxy) is 1. The number of nitrogens with zero attached hydrogens (tertiary/aromatic N) is 1. The highest BCUT2D eigenvalue weighted by molar-refractivity contribution is 8.00. The van der Waals surface area contributed by atoms with Gasteiger partial charge in [-0.25, -0.2) is 9.78 Å². The lowest BCUT2D eigenvalue weighted by molar-refractivity contribution is 0.0594. The van der Waals surface area contributed by atoms with Crippen molar-refractivity contribution in [3.63, 3.8) is 0 Å². The van der Waals surface area contributed by atoms with Gasteiger partial charge in [0.2, 0.25) is 0 Å². The third-order valence-electron chi connectivity index (χ3n) is 2.71. The van der Waals surface area contributed by atoms with E-state index in [2.05, 4.69) is 15.0 Å². The van der Waals surface area contributed by atoms with Crippen LogP contribution in [0, 0.1) is 0 Å². The van der Waals surface area contributed by atoms with Crippen molar-refractivity contribution in [3.05, 3.63) is 24.0 Å². The Hall–Kier alpha value is -1.23.